The van der Waals surface area contributed by atoms with E-state index < -0.39 is 0 Å². The molecule has 0 aromatic heterocycles. The summed E-state index contributed by atoms with van der Waals surface area (Å²) in [6, 6.07) is 0. The van der Waals surface area contributed by atoms with E-state index >= 15 is 0 Å². The van der Waals surface area contributed by atoms with Crippen molar-refractivity contribution in [3.63, 3.8) is 0 Å². The summed E-state index contributed by atoms with van der Waals surface area (Å²) in [4.78, 5) is 0. The van der Waals surface area contributed by atoms with Gasteiger partial charge in [0, 0.05) is 0 Å². The SMILES string of the molecule is [CH2]CCCCCC=CC=CC=CC=C. The van der Waals surface area contributed by atoms with Gasteiger partial charge in [-0.25, -0.2) is 0 Å². The Morgan fingerprint density at radius 1 is 0.786 bits per heavy atom. The predicted octanol–water partition coefficient (Wildman–Crippen LogP) is 4.63. The summed E-state index contributed by atoms with van der Waals surface area (Å²) in [5, 5.41) is 0. The molecule has 0 saturated carbocycles. The highest BCUT2D eigenvalue weighted by Gasteiger charge is 1.82. The molecular formula is C14H21. The normalized spacial score (nSPS) is 12.1. The number of hydrogen-bond donors (Lipinski definition) is 0. The maximum atomic E-state index is 3.82. The molecule has 0 aromatic carbocycles. The first kappa shape index (κ1) is 13.0. The lowest BCUT2D eigenvalue weighted by atomic mass is 10.1. The first-order chi connectivity index (χ1) is 6.91. The Labute approximate surface area is 88.7 Å². The predicted molar refractivity (Wildman–Crippen MR) is 66.1 cm³/mol. The number of unbranched alkanes of at least 4 members (excludes halogenated alkanes) is 4. The Morgan fingerprint density at radius 2 is 1.50 bits per heavy atom. The molecule has 0 fully saturated rings. The molecule has 0 bridgehead atoms. The van der Waals surface area contributed by atoms with Gasteiger partial charge in [-0.15, -0.1) is 0 Å². The summed E-state index contributed by atoms with van der Waals surface area (Å²) in [6.45, 7) is 7.41. The van der Waals surface area contributed by atoms with Crippen LogP contribution in [0.2, 0.25) is 0 Å². The zero-order valence-electron chi connectivity index (χ0n) is 8.99. The first-order valence-corrected chi connectivity index (χ1v) is 5.32. The molecule has 0 rings (SSSR count). The van der Waals surface area contributed by atoms with Gasteiger partial charge >= 0.3 is 0 Å². The van der Waals surface area contributed by atoms with Crippen molar-refractivity contribution in [2.75, 3.05) is 0 Å². The van der Waals surface area contributed by atoms with Gasteiger partial charge in [0.15, 0.2) is 0 Å². The fourth-order valence-electron chi connectivity index (χ4n) is 1.06. The van der Waals surface area contributed by atoms with E-state index in [1.165, 1.54) is 25.7 Å². The topological polar surface area (TPSA) is 0 Å². The van der Waals surface area contributed by atoms with Crippen LogP contribution in [0.25, 0.3) is 0 Å². The van der Waals surface area contributed by atoms with Gasteiger partial charge in [-0.05, 0) is 12.8 Å². The molecule has 0 unspecified atom stereocenters. The molecule has 0 aliphatic carbocycles. The van der Waals surface area contributed by atoms with Crippen molar-refractivity contribution in [3.8, 4) is 0 Å². The fourth-order valence-corrected chi connectivity index (χ4v) is 1.06. The minimum Gasteiger partial charge on any atom is -0.0991 e. The summed E-state index contributed by atoms with van der Waals surface area (Å²) >= 11 is 0. The van der Waals surface area contributed by atoms with E-state index in [0.29, 0.717) is 0 Å². The van der Waals surface area contributed by atoms with Gasteiger partial charge in [0.2, 0.25) is 0 Å². The molecule has 0 aliphatic rings. The summed E-state index contributed by atoms with van der Waals surface area (Å²) in [5.74, 6) is 0. The van der Waals surface area contributed by atoms with E-state index in [9.17, 15) is 0 Å². The van der Waals surface area contributed by atoms with Gasteiger partial charge in [0.05, 0.1) is 0 Å². The largest absolute Gasteiger partial charge is 0.0991 e. The van der Waals surface area contributed by atoms with E-state index in [1.54, 1.807) is 6.08 Å². The van der Waals surface area contributed by atoms with Crippen LogP contribution in [0.5, 0.6) is 0 Å². The lowest BCUT2D eigenvalue weighted by molar-refractivity contribution is 0.695. The minimum absolute atomic E-state index is 1.07. The molecule has 0 heterocycles. The highest BCUT2D eigenvalue weighted by Crippen LogP contribution is 2.02. The van der Waals surface area contributed by atoms with Gasteiger partial charge in [-0.1, -0.05) is 75.3 Å². The number of allylic oxidation sites excluding steroid dienone is 7. The zero-order valence-corrected chi connectivity index (χ0v) is 8.99. The molecule has 0 heteroatoms. The summed E-state index contributed by atoms with van der Waals surface area (Å²) in [5.41, 5.74) is 0. The third kappa shape index (κ3) is 11.0. The molecule has 0 nitrogen and oxygen atoms in total. The van der Waals surface area contributed by atoms with Crippen LogP contribution in [0.4, 0.5) is 0 Å². The molecular weight excluding hydrogens is 168 g/mol. The van der Waals surface area contributed by atoms with Gasteiger partial charge in [-0.2, -0.15) is 0 Å². The summed E-state index contributed by atoms with van der Waals surface area (Å²) < 4.78 is 0. The van der Waals surface area contributed by atoms with Crippen LogP contribution in [0, 0.1) is 6.92 Å². The fraction of sp³-hybridized carbons (Fsp3) is 0.357. The van der Waals surface area contributed by atoms with Crippen LogP contribution in [-0.4, -0.2) is 0 Å². The van der Waals surface area contributed by atoms with Crippen molar-refractivity contribution >= 4 is 0 Å². The second kappa shape index (κ2) is 12.0. The second-order valence-electron chi connectivity index (χ2n) is 3.14. The van der Waals surface area contributed by atoms with Crippen molar-refractivity contribution in [2.45, 2.75) is 32.1 Å². The van der Waals surface area contributed by atoms with Crippen molar-refractivity contribution in [1.29, 1.82) is 0 Å². The van der Waals surface area contributed by atoms with Crippen molar-refractivity contribution in [3.05, 3.63) is 56.0 Å². The van der Waals surface area contributed by atoms with Gasteiger partial charge in [0.1, 0.15) is 0 Å². The third-order valence-corrected chi connectivity index (χ3v) is 1.84. The molecule has 1 radical (unpaired) electrons. The van der Waals surface area contributed by atoms with Crippen LogP contribution < -0.4 is 0 Å². The molecule has 0 spiro atoms. The van der Waals surface area contributed by atoms with Crippen LogP contribution in [0.3, 0.4) is 0 Å². The van der Waals surface area contributed by atoms with E-state index in [2.05, 4.69) is 25.7 Å². The molecule has 0 aromatic rings. The minimum atomic E-state index is 1.07. The third-order valence-electron chi connectivity index (χ3n) is 1.84. The quantitative estimate of drug-likeness (QED) is 0.386. The van der Waals surface area contributed by atoms with E-state index in [0.717, 1.165) is 6.42 Å². The van der Waals surface area contributed by atoms with E-state index in [4.69, 9.17) is 0 Å². The van der Waals surface area contributed by atoms with Gasteiger partial charge in [-0.3, -0.25) is 0 Å². The highest BCUT2D eigenvalue weighted by molar-refractivity contribution is 5.14. The van der Waals surface area contributed by atoms with Crippen molar-refractivity contribution in [1.82, 2.24) is 0 Å². The van der Waals surface area contributed by atoms with Crippen molar-refractivity contribution in [2.24, 2.45) is 0 Å². The highest BCUT2D eigenvalue weighted by atomic mass is 13.9. The smallest absolute Gasteiger partial charge is 0.0348 e. The maximum absolute atomic E-state index is 3.82. The van der Waals surface area contributed by atoms with Gasteiger partial charge in [0.25, 0.3) is 0 Å². The van der Waals surface area contributed by atoms with Crippen LogP contribution >= 0.6 is 0 Å². The zero-order chi connectivity index (χ0) is 10.5. The summed E-state index contributed by atoms with van der Waals surface area (Å²) in [6.07, 6.45) is 20.1. The standard InChI is InChI=1S/C14H21/c1-3-5-7-9-11-13-14-12-10-8-6-4-2/h3,5,7,9,11,13-14H,1-2,4,6,8,10,12H2. The Morgan fingerprint density at radius 3 is 2.21 bits per heavy atom. The maximum Gasteiger partial charge on any atom is -0.0348 e. The van der Waals surface area contributed by atoms with E-state index in [-0.39, 0.29) is 0 Å². The van der Waals surface area contributed by atoms with Crippen LogP contribution in [0.15, 0.2) is 49.1 Å². The lowest BCUT2D eigenvalue weighted by Crippen LogP contribution is -1.73. The van der Waals surface area contributed by atoms with Crippen LogP contribution in [0.1, 0.15) is 32.1 Å². The monoisotopic (exact) mass is 189 g/mol. The first-order valence-electron chi connectivity index (χ1n) is 5.32. The average molecular weight is 189 g/mol. The molecule has 0 aliphatic heterocycles. The number of rotatable bonds is 8. The Balaban J connectivity index is 3.30. The average Bonchev–Trinajstić information content (AvgIpc) is 2.21. The molecule has 0 saturated heterocycles. The summed E-state index contributed by atoms with van der Waals surface area (Å²) in [7, 11) is 0. The van der Waals surface area contributed by atoms with Crippen LogP contribution in [-0.2, 0) is 0 Å². The Bertz CT molecular complexity index is 194. The Kier molecular flexibility index (Phi) is 11.1. The Hall–Kier alpha value is -1.04. The molecule has 77 valence electrons. The molecule has 0 atom stereocenters. The molecule has 14 heavy (non-hydrogen) atoms. The lowest BCUT2D eigenvalue weighted by Gasteiger charge is -1.92. The molecule has 0 N–H and O–H groups in total. The van der Waals surface area contributed by atoms with Crippen molar-refractivity contribution < 1.29 is 0 Å². The van der Waals surface area contributed by atoms with E-state index in [1.807, 2.05) is 24.3 Å². The van der Waals surface area contributed by atoms with Gasteiger partial charge < -0.3 is 0 Å². The number of hydrogen-bond acceptors (Lipinski definition) is 0. The molecule has 0 amide bonds. The second-order valence-corrected chi connectivity index (χ2v) is 3.14.